The van der Waals surface area contributed by atoms with Crippen molar-refractivity contribution >= 4 is 11.9 Å². The van der Waals surface area contributed by atoms with Crippen LogP contribution in [0, 0.1) is 53.3 Å². The number of carbonyl (C=O) groups is 2. The number of ether oxygens (including phenoxy) is 2. The van der Waals surface area contributed by atoms with Crippen molar-refractivity contribution in [2.45, 2.75) is 31.8 Å². The molecule has 0 spiro atoms. The van der Waals surface area contributed by atoms with Crippen molar-refractivity contribution in [3.8, 4) is 0 Å². The Balaban J connectivity index is 1.34. The van der Waals surface area contributed by atoms with E-state index in [4.69, 9.17) is 9.47 Å². The average Bonchev–Trinajstić information content (AvgIpc) is 3.20. The largest absolute Gasteiger partial charge is 0.465 e. The highest BCUT2D eigenvalue weighted by atomic mass is 16.6. The summed E-state index contributed by atoms with van der Waals surface area (Å²) in [5.74, 6) is 4.56. The minimum absolute atomic E-state index is 0.0548. The SMILES string of the molecule is O=C1OCC2C3CC(CC3C3C4CC5OC(=O)C3C5C4)C12. The van der Waals surface area contributed by atoms with Gasteiger partial charge in [0.05, 0.1) is 18.4 Å². The van der Waals surface area contributed by atoms with Crippen LogP contribution in [0.15, 0.2) is 0 Å². The summed E-state index contributed by atoms with van der Waals surface area (Å²) < 4.78 is 10.9. The van der Waals surface area contributed by atoms with E-state index in [0.717, 1.165) is 12.8 Å². The Labute approximate surface area is 123 Å². The number of carbonyl (C=O) groups excluding carboxylic acids is 2. The van der Waals surface area contributed by atoms with Crippen LogP contribution in [0.25, 0.3) is 0 Å². The molecule has 112 valence electrons. The molecule has 2 aliphatic heterocycles. The number of hydrogen-bond acceptors (Lipinski definition) is 4. The molecule has 6 aliphatic rings. The molecule has 2 saturated heterocycles. The van der Waals surface area contributed by atoms with Gasteiger partial charge in [-0.1, -0.05) is 0 Å². The van der Waals surface area contributed by atoms with Gasteiger partial charge in [0.2, 0.25) is 0 Å². The van der Waals surface area contributed by atoms with E-state index in [0.29, 0.717) is 48.0 Å². The van der Waals surface area contributed by atoms with E-state index >= 15 is 0 Å². The molecular formula is C17H20O4. The monoisotopic (exact) mass is 288 g/mol. The Morgan fingerprint density at radius 3 is 2.48 bits per heavy atom. The van der Waals surface area contributed by atoms with E-state index in [1.54, 1.807) is 0 Å². The minimum atomic E-state index is 0.0548. The average molecular weight is 288 g/mol. The van der Waals surface area contributed by atoms with Gasteiger partial charge in [-0.25, -0.2) is 0 Å². The van der Waals surface area contributed by atoms with Crippen molar-refractivity contribution in [1.29, 1.82) is 0 Å². The molecular weight excluding hydrogens is 268 g/mol. The maximum absolute atomic E-state index is 12.2. The van der Waals surface area contributed by atoms with Crippen molar-refractivity contribution in [3.05, 3.63) is 0 Å². The van der Waals surface area contributed by atoms with Crippen LogP contribution in [0.3, 0.4) is 0 Å². The van der Waals surface area contributed by atoms with Crippen molar-refractivity contribution in [2.24, 2.45) is 53.3 Å². The van der Waals surface area contributed by atoms with Crippen LogP contribution in [0.2, 0.25) is 0 Å². The fourth-order valence-electron chi connectivity index (χ4n) is 7.51. The molecule has 0 aromatic rings. The summed E-state index contributed by atoms with van der Waals surface area (Å²) in [6, 6.07) is 0. The summed E-state index contributed by atoms with van der Waals surface area (Å²) in [6.45, 7) is 0.639. The molecule has 4 aliphatic carbocycles. The third kappa shape index (κ3) is 1.18. The third-order valence-electron chi connectivity index (χ3n) is 7.95. The number of fused-ring (bicyclic) bond motifs is 6. The fraction of sp³-hybridized carbons (Fsp3) is 0.882. The lowest BCUT2D eigenvalue weighted by Gasteiger charge is -2.38. The Hall–Kier alpha value is -1.06. The van der Waals surface area contributed by atoms with Crippen molar-refractivity contribution in [3.63, 3.8) is 0 Å². The fourth-order valence-corrected chi connectivity index (χ4v) is 7.51. The van der Waals surface area contributed by atoms with E-state index in [2.05, 4.69) is 0 Å². The number of rotatable bonds is 1. The second-order valence-corrected chi connectivity index (χ2v) is 8.35. The van der Waals surface area contributed by atoms with Gasteiger partial charge in [0.25, 0.3) is 0 Å². The standard InChI is InChI=1S/C17H20O4/c18-16-14-6-1-8(11(14)5-20-16)9(2-6)13-7-3-10-12(4-7)21-17(19)15(10)13/h6-15H,1-5H2. The Bertz CT molecular complexity index is 555. The molecule has 10 atom stereocenters. The van der Waals surface area contributed by atoms with Crippen LogP contribution >= 0.6 is 0 Å². The second kappa shape index (κ2) is 3.47. The molecule has 10 unspecified atom stereocenters. The highest BCUT2D eigenvalue weighted by Crippen LogP contribution is 2.67. The van der Waals surface area contributed by atoms with E-state index in [1.807, 2.05) is 0 Å². The molecule has 6 fully saturated rings. The van der Waals surface area contributed by atoms with Crippen LogP contribution in [-0.2, 0) is 19.1 Å². The molecule has 0 aromatic carbocycles. The first kappa shape index (κ1) is 11.5. The lowest BCUT2D eigenvalue weighted by atomic mass is 9.64. The van der Waals surface area contributed by atoms with Crippen LogP contribution in [0.5, 0.6) is 0 Å². The first-order valence-corrected chi connectivity index (χ1v) is 8.59. The lowest BCUT2D eigenvalue weighted by Crippen LogP contribution is -2.38. The molecule has 21 heavy (non-hydrogen) atoms. The number of hydrogen-bond donors (Lipinski definition) is 0. The van der Waals surface area contributed by atoms with Crippen LogP contribution in [-0.4, -0.2) is 24.6 Å². The number of cyclic esters (lactones) is 1. The smallest absolute Gasteiger partial charge is 0.309 e. The van der Waals surface area contributed by atoms with Crippen molar-refractivity contribution in [1.82, 2.24) is 0 Å². The predicted molar refractivity (Wildman–Crippen MR) is 70.7 cm³/mol. The van der Waals surface area contributed by atoms with Gasteiger partial charge in [0, 0.05) is 11.8 Å². The van der Waals surface area contributed by atoms with E-state index < -0.39 is 0 Å². The second-order valence-electron chi connectivity index (χ2n) is 8.35. The summed E-state index contributed by atoms with van der Waals surface area (Å²) in [5, 5.41) is 0. The van der Waals surface area contributed by atoms with E-state index in [-0.39, 0.29) is 29.9 Å². The van der Waals surface area contributed by atoms with Gasteiger partial charge in [-0.05, 0) is 55.3 Å². The molecule has 0 aromatic heterocycles. The highest BCUT2D eigenvalue weighted by molar-refractivity contribution is 5.77. The van der Waals surface area contributed by atoms with Gasteiger partial charge in [0.1, 0.15) is 6.10 Å². The quantitative estimate of drug-likeness (QED) is 0.688. The summed E-state index contributed by atoms with van der Waals surface area (Å²) in [7, 11) is 0. The van der Waals surface area contributed by atoms with Gasteiger partial charge >= 0.3 is 11.9 Å². The van der Waals surface area contributed by atoms with E-state index in [9.17, 15) is 9.59 Å². The maximum atomic E-state index is 12.2. The molecule has 4 saturated carbocycles. The number of esters is 2. The molecule has 2 heterocycles. The maximum Gasteiger partial charge on any atom is 0.309 e. The third-order valence-corrected chi connectivity index (χ3v) is 7.95. The molecule has 4 nitrogen and oxygen atoms in total. The zero-order valence-corrected chi connectivity index (χ0v) is 11.9. The van der Waals surface area contributed by atoms with Gasteiger partial charge in [-0.3, -0.25) is 9.59 Å². The summed E-state index contributed by atoms with van der Waals surface area (Å²) in [5.41, 5.74) is 0. The van der Waals surface area contributed by atoms with Crippen LogP contribution in [0.4, 0.5) is 0 Å². The topological polar surface area (TPSA) is 52.6 Å². The Kier molecular flexibility index (Phi) is 1.90. The normalized spacial score (nSPS) is 62.3. The van der Waals surface area contributed by atoms with Gasteiger partial charge in [-0.15, -0.1) is 0 Å². The summed E-state index contributed by atoms with van der Waals surface area (Å²) >= 11 is 0. The zero-order chi connectivity index (χ0) is 13.9. The lowest BCUT2D eigenvalue weighted by molar-refractivity contribution is -0.145. The molecule has 6 rings (SSSR count). The van der Waals surface area contributed by atoms with Crippen LogP contribution < -0.4 is 0 Å². The molecule has 4 bridgehead atoms. The van der Waals surface area contributed by atoms with Crippen molar-refractivity contribution in [2.75, 3.05) is 6.61 Å². The molecule has 0 N–H and O–H groups in total. The molecule has 0 amide bonds. The molecule has 0 radical (unpaired) electrons. The van der Waals surface area contributed by atoms with Crippen molar-refractivity contribution < 1.29 is 19.1 Å². The van der Waals surface area contributed by atoms with Gasteiger partial charge in [-0.2, -0.15) is 0 Å². The Morgan fingerprint density at radius 1 is 0.762 bits per heavy atom. The Morgan fingerprint density at radius 2 is 1.57 bits per heavy atom. The highest BCUT2D eigenvalue weighted by Gasteiger charge is 2.68. The zero-order valence-electron chi connectivity index (χ0n) is 11.9. The van der Waals surface area contributed by atoms with Gasteiger partial charge in [0.15, 0.2) is 0 Å². The van der Waals surface area contributed by atoms with Gasteiger partial charge < -0.3 is 9.47 Å². The first-order chi connectivity index (χ1) is 10.2. The predicted octanol–water partition coefficient (Wildman–Crippen LogP) is 1.63. The first-order valence-electron chi connectivity index (χ1n) is 8.59. The minimum Gasteiger partial charge on any atom is -0.465 e. The summed E-state index contributed by atoms with van der Waals surface area (Å²) in [4.78, 5) is 24.1. The molecule has 4 heteroatoms. The summed E-state index contributed by atoms with van der Waals surface area (Å²) in [6.07, 6.45) is 4.92. The van der Waals surface area contributed by atoms with E-state index in [1.165, 1.54) is 12.8 Å². The van der Waals surface area contributed by atoms with Crippen LogP contribution in [0.1, 0.15) is 25.7 Å².